The van der Waals surface area contributed by atoms with Crippen LogP contribution in [0.1, 0.15) is 23.6 Å². The van der Waals surface area contributed by atoms with Gasteiger partial charge in [0.15, 0.2) is 12.3 Å². The summed E-state index contributed by atoms with van der Waals surface area (Å²) in [6.45, 7) is 3.62. The van der Waals surface area contributed by atoms with Gasteiger partial charge in [-0.2, -0.15) is 0 Å². The van der Waals surface area contributed by atoms with Crippen LogP contribution in [0.3, 0.4) is 0 Å². The van der Waals surface area contributed by atoms with E-state index in [-0.39, 0.29) is 18.2 Å². The quantitative estimate of drug-likeness (QED) is 0.747. The molecule has 1 aliphatic heterocycles. The Hall–Kier alpha value is -1.87. The highest BCUT2D eigenvalue weighted by Gasteiger charge is 2.23. The molecule has 4 heteroatoms. The number of halogens is 2. The van der Waals surface area contributed by atoms with Crippen LogP contribution in [0.2, 0.25) is 0 Å². The van der Waals surface area contributed by atoms with Gasteiger partial charge >= 0.3 is 0 Å². The van der Waals surface area contributed by atoms with Gasteiger partial charge < -0.3 is 17.1 Å². The number of methoxy groups -OCH3 is 1. The average molecular weight is 320 g/mol. The van der Waals surface area contributed by atoms with Crippen LogP contribution in [-0.2, 0) is 13.0 Å². The van der Waals surface area contributed by atoms with Crippen molar-refractivity contribution < 1.29 is 26.1 Å². The maximum atomic E-state index is 13.8. The van der Waals surface area contributed by atoms with Crippen LogP contribution in [0.15, 0.2) is 42.5 Å². The summed E-state index contributed by atoms with van der Waals surface area (Å²) in [5.74, 6) is 0.759. The Morgan fingerprint density at radius 1 is 1.18 bits per heavy atom. The maximum absolute atomic E-state index is 13.8. The van der Waals surface area contributed by atoms with Crippen molar-refractivity contribution in [3.05, 3.63) is 65.0 Å². The van der Waals surface area contributed by atoms with Crippen LogP contribution in [0.4, 0.5) is 4.39 Å². The Bertz CT molecular complexity index is 712. The smallest absolute Gasteiger partial charge is 0.180 e. The molecule has 0 aromatic heterocycles. The van der Waals surface area contributed by atoms with Gasteiger partial charge in [0.05, 0.1) is 12.7 Å². The van der Waals surface area contributed by atoms with E-state index < -0.39 is 0 Å². The molecule has 116 valence electrons. The van der Waals surface area contributed by atoms with Crippen molar-refractivity contribution in [2.24, 2.45) is 0 Å². The van der Waals surface area contributed by atoms with Crippen LogP contribution < -0.4 is 17.1 Å². The molecule has 0 bridgehead atoms. The van der Waals surface area contributed by atoms with Gasteiger partial charge in [0.2, 0.25) is 0 Å². The molecular formula is C18H19ClFNO. The van der Waals surface area contributed by atoms with Gasteiger partial charge in [-0.05, 0) is 35.9 Å². The molecule has 0 amide bonds. The molecule has 0 atom stereocenters. The van der Waals surface area contributed by atoms with Crippen molar-refractivity contribution in [3.63, 3.8) is 0 Å². The zero-order valence-corrected chi connectivity index (χ0v) is 13.5. The highest BCUT2D eigenvalue weighted by molar-refractivity contribution is 5.97. The zero-order chi connectivity index (χ0) is 14.8. The van der Waals surface area contributed by atoms with E-state index in [4.69, 9.17) is 4.74 Å². The monoisotopic (exact) mass is 319 g/mol. The maximum Gasteiger partial charge on any atom is 0.180 e. The second kappa shape index (κ2) is 6.93. The van der Waals surface area contributed by atoms with Gasteiger partial charge in [-0.1, -0.05) is 12.1 Å². The lowest BCUT2D eigenvalue weighted by Gasteiger charge is -2.17. The van der Waals surface area contributed by atoms with E-state index >= 15 is 0 Å². The average Bonchev–Trinajstić information content (AvgIpc) is 2.51. The molecule has 0 radical (unpaired) electrons. The highest BCUT2D eigenvalue weighted by atomic mass is 35.5. The molecule has 0 spiro atoms. The molecule has 0 aliphatic carbocycles. The summed E-state index contributed by atoms with van der Waals surface area (Å²) in [5.41, 5.74) is 4.48. The number of benzene rings is 2. The number of ether oxygens (including phenoxy) is 1. The van der Waals surface area contributed by atoms with E-state index in [1.54, 1.807) is 13.2 Å². The standard InChI is InChI=1S/C18H19FNO.ClH/c1-13-17-8-7-16(21-2)11-14(17)9-10-20(13)12-15-5-3-4-6-18(15)19;/h3-8,11H,9-10,12H2,1-2H3;1H/q+1;/p-1. The normalized spacial score (nSPS) is 13.4. The molecule has 0 saturated heterocycles. The predicted octanol–water partition coefficient (Wildman–Crippen LogP) is 0.416. The third-order valence-corrected chi connectivity index (χ3v) is 4.15. The van der Waals surface area contributed by atoms with Crippen LogP contribution in [-0.4, -0.2) is 23.9 Å². The molecule has 0 unspecified atom stereocenters. The van der Waals surface area contributed by atoms with E-state index in [1.807, 2.05) is 18.2 Å². The molecule has 2 nitrogen and oxygen atoms in total. The Labute approximate surface area is 136 Å². The number of nitrogens with zero attached hydrogens (tertiary/aromatic N) is 1. The molecule has 0 saturated carbocycles. The molecule has 1 heterocycles. The summed E-state index contributed by atoms with van der Waals surface area (Å²) < 4.78 is 21.3. The third kappa shape index (κ3) is 3.14. The number of hydrogen-bond acceptors (Lipinski definition) is 1. The van der Waals surface area contributed by atoms with Crippen molar-refractivity contribution in [3.8, 4) is 5.75 Å². The Kier molecular flexibility index (Phi) is 5.19. The summed E-state index contributed by atoms with van der Waals surface area (Å²) in [7, 11) is 1.69. The van der Waals surface area contributed by atoms with E-state index in [9.17, 15) is 4.39 Å². The van der Waals surface area contributed by atoms with Gasteiger partial charge in [-0.15, -0.1) is 0 Å². The highest BCUT2D eigenvalue weighted by Crippen LogP contribution is 2.22. The predicted molar refractivity (Wildman–Crippen MR) is 81.7 cm³/mol. The summed E-state index contributed by atoms with van der Waals surface area (Å²) in [6.07, 6.45) is 0.957. The second-order valence-electron chi connectivity index (χ2n) is 5.37. The summed E-state index contributed by atoms with van der Waals surface area (Å²) in [5, 5.41) is 0. The van der Waals surface area contributed by atoms with Crippen LogP contribution in [0.25, 0.3) is 0 Å². The van der Waals surface area contributed by atoms with Crippen LogP contribution in [0.5, 0.6) is 5.75 Å². The van der Waals surface area contributed by atoms with Crippen molar-refractivity contribution in [2.75, 3.05) is 13.7 Å². The van der Waals surface area contributed by atoms with E-state index in [2.05, 4.69) is 23.6 Å². The van der Waals surface area contributed by atoms with Crippen LogP contribution >= 0.6 is 0 Å². The van der Waals surface area contributed by atoms with Crippen molar-refractivity contribution in [1.29, 1.82) is 0 Å². The van der Waals surface area contributed by atoms with Gasteiger partial charge in [-0.25, -0.2) is 8.97 Å². The lowest BCUT2D eigenvalue weighted by Crippen LogP contribution is -3.00. The Balaban J connectivity index is 0.00000176. The number of hydrogen-bond donors (Lipinski definition) is 0. The minimum absolute atomic E-state index is 0. The van der Waals surface area contributed by atoms with E-state index in [1.165, 1.54) is 22.9 Å². The Morgan fingerprint density at radius 3 is 2.68 bits per heavy atom. The number of rotatable bonds is 3. The molecule has 3 rings (SSSR count). The lowest BCUT2D eigenvalue weighted by atomic mass is 9.97. The first-order valence-corrected chi connectivity index (χ1v) is 7.18. The molecule has 22 heavy (non-hydrogen) atoms. The van der Waals surface area contributed by atoms with Crippen molar-refractivity contribution in [2.45, 2.75) is 19.9 Å². The second-order valence-corrected chi connectivity index (χ2v) is 5.37. The van der Waals surface area contributed by atoms with Gasteiger partial charge in [-0.3, -0.25) is 0 Å². The van der Waals surface area contributed by atoms with Gasteiger partial charge in [0.25, 0.3) is 0 Å². The first kappa shape index (κ1) is 16.5. The molecule has 0 N–H and O–H groups in total. The minimum atomic E-state index is -0.133. The molecular weight excluding hydrogens is 301 g/mol. The lowest BCUT2D eigenvalue weighted by molar-refractivity contribution is -0.545. The van der Waals surface area contributed by atoms with Crippen molar-refractivity contribution >= 4 is 5.71 Å². The van der Waals surface area contributed by atoms with Gasteiger partial charge in [0.1, 0.15) is 18.1 Å². The molecule has 0 fully saturated rings. The summed E-state index contributed by atoms with van der Waals surface area (Å²) >= 11 is 0. The van der Waals surface area contributed by atoms with E-state index in [0.717, 1.165) is 24.3 Å². The molecule has 1 aliphatic rings. The largest absolute Gasteiger partial charge is 1.00 e. The summed E-state index contributed by atoms with van der Waals surface area (Å²) in [4.78, 5) is 0. The first-order valence-electron chi connectivity index (χ1n) is 7.18. The SMILES string of the molecule is COc1ccc2c(c1)CC[N+](Cc1ccccc1F)=C2C.[Cl-]. The zero-order valence-electron chi connectivity index (χ0n) is 12.8. The fraction of sp³-hybridized carbons (Fsp3) is 0.278. The topological polar surface area (TPSA) is 12.2 Å². The minimum Gasteiger partial charge on any atom is -1.00 e. The number of fused-ring (bicyclic) bond motifs is 1. The van der Waals surface area contributed by atoms with E-state index in [0.29, 0.717) is 6.54 Å². The third-order valence-electron chi connectivity index (χ3n) is 4.15. The summed E-state index contributed by atoms with van der Waals surface area (Å²) in [6, 6.07) is 13.2. The molecule has 2 aromatic rings. The fourth-order valence-corrected chi connectivity index (χ4v) is 2.88. The molecule has 2 aromatic carbocycles. The van der Waals surface area contributed by atoms with Crippen LogP contribution in [0, 0.1) is 5.82 Å². The fourth-order valence-electron chi connectivity index (χ4n) is 2.88. The van der Waals surface area contributed by atoms with Crippen molar-refractivity contribution in [1.82, 2.24) is 0 Å². The first-order chi connectivity index (χ1) is 10.2. The van der Waals surface area contributed by atoms with Gasteiger partial charge in [0, 0.05) is 18.9 Å². The Morgan fingerprint density at radius 2 is 1.95 bits per heavy atom.